The average molecular weight is 701 g/mol. The van der Waals surface area contributed by atoms with Gasteiger partial charge in [0.2, 0.25) is 0 Å². The lowest BCUT2D eigenvalue weighted by atomic mass is 9.96. The molecule has 1 aromatic carbocycles. The van der Waals surface area contributed by atoms with E-state index in [9.17, 15) is 9.59 Å². The van der Waals surface area contributed by atoms with Gasteiger partial charge in [0.1, 0.15) is 16.9 Å². The molecule has 50 heavy (non-hydrogen) atoms. The molecule has 1 saturated heterocycles. The minimum absolute atomic E-state index is 0.194. The molecule has 1 amide bonds. The highest BCUT2D eigenvalue weighted by Gasteiger charge is 2.30. The van der Waals surface area contributed by atoms with Crippen molar-refractivity contribution in [2.24, 2.45) is 5.92 Å². The van der Waals surface area contributed by atoms with Crippen molar-refractivity contribution in [3.05, 3.63) is 58.7 Å². The van der Waals surface area contributed by atoms with Gasteiger partial charge < -0.3 is 24.4 Å². The largest absolute Gasteiger partial charge is 0.444 e. The van der Waals surface area contributed by atoms with E-state index in [-0.39, 0.29) is 17.6 Å². The SMILES string of the molecule is CCCCc1nc2c(NC(C)(C)C)nc3cc(C4=CCN(OC(=O)c5ccccc5)CC4)sc3c2n1CC1CCN(C(=O)OC(C)(C)C)CC1. The van der Waals surface area contributed by atoms with Crippen LogP contribution >= 0.6 is 11.3 Å². The first-order valence-corrected chi connectivity index (χ1v) is 18.9. The van der Waals surface area contributed by atoms with E-state index < -0.39 is 5.60 Å². The number of likely N-dealkylation sites (tertiary alicyclic amines) is 1. The second-order valence-electron chi connectivity index (χ2n) is 15.6. The van der Waals surface area contributed by atoms with Gasteiger partial charge in [0.05, 0.1) is 27.8 Å². The molecular formula is C39H52N6O4S. The van der Waals surface area contributed by atoms with E-state index in [0.29, 0.717) is 37.7 Å². The predicted octanol–water partition coefficient (Wildman–Crippen LogP) is 8.71. The number of nitrogens with zero attached hydrogens (tertiary/aromatic N) is 5. The van der Waals surface area contributed by atoms with E-state index in [1.165, 1.54) is 10.5 Å². The molecule has 2 aliphatic rings. The summed E-state index contributed by atoms with van der Waals surface area (Å²) in [6.07, 6.45) is 7.60. The standard InChI is InChI=1S/C39H52N6O4S/c1-8-9-15-31-41-32-33(45(31)25-26-16-20-43(21-17-26)37(47)48-39(5,6)7)34-29(40-35(32)42-38(2,3)4)24-30(50-34)27-18-22-44(23-19-27)49-36(46)28-13-11-10-12-14-28/h10-14,18,24,26H,8-9,15-17,19-23,25H2,1-7H3,(H,40,42). The summed E-state index contributed by atoms with van der Waals surface area (Å²) in [5, 5.41) is 5.40. The molecule has 0 atom stereocenters. The number of imidazole rings is 1. The molecule has 4 aromatic rings. The molecule has 1 N–H and O–H groups in total. The Hall–Kier alpha value is -3.96. The number of aryl methyl sites for hydroxylation is 1. The van der Waals surface area contributed by atoms with E-state index in [1.54, 1.807) is 28.5 Å². The maximum Gasteiger partial charge on any atom is 0.410 e. The topological polar surface area (TPSA) is 102 Å². The first-order valence-electron chi connectivity index (χ1n) is 18.1. The van der Waals surface area contributed by atoms with Gasteiger partial charge in [-0.2, -0.15) is 0 Å². The molecule has 3 aromatic heterocycles. The Bertz CT molecular complexity index is 1860. The summed E-state index contributed by atoms with van der Waals surface area (Å²) in [6, 6.07) is 11.3. The number of amides is 1. The first-order chi connectivity index (χ1) is 23.8. The lowest BCUT2D eigenvalue weighted by Crippen LogP contribution is -2.42. The summed E-state index contributed by atoms with van der Waals surface area (Å²) >= 11 is 1.78. The highest BCUT2D eigenvalue weighted by atomic mass is 32.1. The van der Waals surface area contributed by atoms with Crippen LogP contribution in [0.25, 0.3) is 26.8 Å². The van der Waals surface area contributed by atoms with Crippen molar-refractivity contribution in [3.63, 3.8) is 0 Å². The molecule has 0 aliphatic carbocycles. The Labute approximate surface area is 299 Å². The Balaban J connectivity index is 1.31. The average Bonchev–Trinajstić information content (AvgIpc) is 3.65. The molecule has 10 nitrogen and oxygen atoms in total. The third-order valence-corrected chi connectivity index (χ3v) is 10.3. The number of benzene rings is 1. The molecule has 0 saturated carbocycles. The van der Waals surface area contributed by atoms with Crippen molar-refractivity contribution in [1.82, 2.24) is 24.5 Å². The van der Waals surface area contributed by atoms with E-state index in [4.69, 9.17) is 19.5 Å². The minimum Gasteiger partial charge on any atom is -0.444 e. The second kappa shape index (κ2) is 14.7. The van der Waals surface area contributed by atoms with Crippen LogP contribution in [0.4, 0.5) is 10.6 Å². The fourth-order valence-corrected chi connectivity index (χ4v) is 7.83. The maximum atomic E-state index is 12.8. The third kappa shape index (κ3) is 8.49. The van der Waals surface area contributed by atoms with E-state index in [1.807, 2.05) is 43.9 Å². The fourth-order valence-electron chi connectivity index (χ4n) is 6.61. The number of pyridine rings is 1. The first kappa shape index (κ1) is 35.9. The summed E-state index contributed by atoms with van der Waals surface area (Å²) in [4.78, 5) is 44.7. The predicted molar refractivity (Wildman–Crippen MR) is 201 cm³/mol. The molecule has 268 valence electrons. The van der Waals surface area contributed by atoms with Gasteiger partial charge in [-0.05, 0) is 96.9 Å². The highest BCUT2D eigenvalue weighted by Crippen LogP contribution is 2.40. The van der Waals surface area contributed by atoms with Crippen LogP contribution in [0.1, 0.15) is 102 Å². The van der Waals surface area contributed by atoms with Crippen LogP contribution in [0.5, 0.6) is 0 Å². The van der Waals surface area contributed by atoms with Gasteiger partial charge in [0.25, 0.3) is 0 Å². The number of hydrogen-bond acceptors (Lipinski definition) is 9. The maximum absolute atomic E-state index is 12.8. The molecule has 1 fully saturated rings. The van der Waals surface area contributed by atoms with E-state index in [2.05, 4.69) is 49.7 Å². The zero-order chi connectivity index (χ0) is 35.6. The molecule has 0 bridgehead atoms. The minimum atomic E-state index is -0.502. The second-order valence-corrected chi connectivity index (χ2v) is 16.7. The van der Waals surface area contributed by atoms with Crippen LogP contribution in [0, 0.1) is 5.92 Å². The Kier molecular flexibility index (Phi) is 10.6. The normalized spacial score (nSPS) is 16.5. The Morgan fingerprint density at radius 3 is 2.40 bits per heavy atom. The number of rotatable bonds is 9. The lowest BCUT2D eigenvalue weighted by Gasteiger charge is -2.33. The number of fused-ring (bicyclic) bond motifs is 3. The summed E-state index contributed by atoms with van der Waals surface area (Å²) in [5.74, 6) is 2.00. The van der Waals surface area contributed by atoms with E-state index in [0.717, 1.165) is 78.0 Å². The van der Waals surface area contributed by atoms with Gasteiger partial charge in [0.15, 0.2) is 5.82 Å². The van der Waals surface area contributed by atoms with Gasteiger partial charge in [-0.1, -0.05) is 37.6 Å². The molecule has 0 spiro atoms. The van der Waals surface area contributed by atoms with Crippen LogP contribution in [0.3, 0.4) is 0 Å². The monoisotopic (exact) mass is 700 g/mol. The third-order valence-electron chi connectivity index (χ3n) is 9.09. The smallest absolute Gasteiger partial charge is 0.410 e. The van der Waals surface area contributed by atoms with Crippen LogP contribution in [0.15, 0.2) is 42.5 Å². The molecule has 6 rings (SSSR count). The van der Waals surface area contributed by atoms with Gasteiger partial charge in [-0.25, -0.2) is 19.6 Å². The number of unbranched alkanes of at least 4 members (excludes halogenated alkanes) is 1. The summed E-state index contributed by atoms with van der Waals surface area (Å²) < 4.78 is 9.28. The number of aromatic nitrogens is 3. The van der Waals surface area contributed by atoms with Gasteiger partial charge in [0, 0.05) is 43.0 Å². The number of piperidine rings is 1. The molecule has 5 heterocycles. The zero-order valence-corrected chi connectivity index (χ0v) is 31.5. The summed E-state index contributed by atoms with van der Waals surface area (Å²) in [6.45, 7) is 17.8. The van der Waals surface area contributed by atoms with Crippen molar-refractivity contribution < 1.29 is 19.2 Å². The number of carbonyl (C=O) groups is 2. The summed E-state index contributed by atoms with van der Waals surface area (Å²) in [7, 11) is 0. The van der Waals surface area contributed by atoms with Crippen LogP contribution < -0.4 is 5.32 Å². The lowest BCUT2D eigenvalue weighted by molar-refractivity contribution is -0.102. The number of thiophene rings is 1. The molecule has 2 aliphatic heterocycles. The van der Waals surface area contributed by atoms with Crippen LogP contribution in [-0.2, 0) is 22.5 Å². The van der Waals surface area contributed by atoms with Crippen molar-refractivity contribution in [2.75, 3.05) is 31.5 Å². The molecule has 0 unspecified atom stereocenters. The molecule has 11 heteroatoms. The fraction of sp³-hybridized carbons (Fsp3) is 0.538. The number of hydrogen-bond donors (Lipinski definition) is 1. The highest BCUT2D eigenvalue weighted by molar-refractivity contribution is 7.21. The van der Waals surface area contributed by atoms with Gasteiger partial charge in [-0.15, -0.1) is 16.4 Å². The van der Waals surface area contributed by atoms with Gasteiger partial charge >= 0.3 is 12.1 Å². The van der Waals surface area contributed by atoms with Crippen molar-refractivity contribution >= 4 is 56.0 Å². The number of anilines is 1. The zero-order valence-electron chi connectivity index (χ0n) is 30.7. The number of nitrogens with one attached hydrogen (secondary N) is 1. The van der Waals surface area contributed by atoms with Gasteiger partial charge in [-0.3, -0.25) is 0 Å². The van der Waals surface area contributed by atoms with Crippen molar-refractivity contribution in [2.45, 2.75) is 105 Å². The number of carbonyl (C=O) groups excluding carboxylic acids is 2. The Morgan fingerprint density at radius 1 is 1.02 bits per heavy atom. The number of ether oxygens (including phenoxy) is 1. The number of hydroxylamine groups is 2. The van der Waals surface area contributed by atoms with Crippen LogP contribution in [-0.4, -0.2) is 73.9 Å². The van der Waals surface area contributed by atoms with Crippen LogP contribution in [0.2, 0.25) is 0 Å². The quantitative estimate of drug-likeness (QED) is 0.185. The van der Waals surface area contributed by atoms with E-state index >= 15 is 0 Å². The molecule has 0 radical (unpaired) electrons. The van der Waals surface area contributed by atoms with Crippen molar-refractivity contribution in [3.8, 4) is 0 Å². The Morgan fingerprint density at radius 2 is 1.76 bits per heavy atom. The van der Waals surface area contributed by atoms with Crippen molar-refractivity contribution in [1.29, 1.82) is 0 Å². The molecular weight excluding hydrogens is 649 g/mol. The summed E-state index contributed by atoms with van der Waals surface area (Å²) in [5.41, 5.74) is 4.13.